The minimum Gasteiger partial charge on any atom is -0.388 e. The molecule has 4 rings (SSSR count). The van der Waals surface area contributed by atoms with Gasteiger partial charge in [0.05, 0.1) is 18.2 Å². The van der Waals surface area contributed by atoms with Crippen LogP contribution in [0.3, 0.4) is 0 Å². The predicted octanol–water partition coefficient (Wildman–Crippen LogP) is -0.0140. The van der Waals surface area contributed by atoms with E-state index in [9.17, 15) is 32.2 Å². The number of benzene rings is 1. The first-order chi connectivity index (χ1) is 17.1. The van der Waals surface area contributed by atoms with Gasteiger partial charge in [-0.3, -0.25) is 13.7 Å². The number of hydrogen-bond acceptors (Lipinski definition) is 10. The van der Waals surface area contributed by atoms with Crippen molar-refractivity contribution >= 4 is 21.9 Å². The fraction of sp³-hybridized carbons (Fsp3) is 0.333. The summed E-state index contributed by atoms with van der Waals surface area (Å²) in [7, 11) is -2.98. The molecule has 2 aromatic heterocycles. The van der Waals surface area contributed by atoms with Gasteiger partial charge >= 0.3 is 10.3 Å². The Kier molecular flexibility index (Phi) is 7.37. The van der Waals surface area contributed by atoms with Crippen LogP contribution in [0.4, 0.5) is 14.6 Å². The molecule has 0 amide bonds. The number of halogens is 2. The Morgan fingerprint density at radius 3 is 2.64 bits per heavy atom. The van der Waals surface area contributed by atoms with Gasteiger partial charge in [-0.2, -0.15) is 18.2 Å². The van der Waals surface area contributed by atoms with Crippen molar-refractivity contribution in [1.82, 2.24) is 24.5 Å². The zero-order valence-electron chi connectivity index (χ0n) is 18.7. The molecule has 1 fully saturated rings. The van der Waals surface area contributed by atoms with Gasteiger partial charge in [-0.15, -0.1) is 0 Å². The number of nitrogens with zero attached hydrogens (tertiary/aromatic N) is 4. The molecular weight excluding hydrogens is 502 g/mol. The lowest BCUT2D eigenvalue weighted by Crippen LogP contribution is -2.38. The van der Waals surface area contributed by atoms with Gasteiger partial charge in [0.25, 0.3) is 0 Å². The lowest BCUT2D eigenvalue weighted by molar-refractivity contribution is -0.00882. The average Bonchev–Trinajstić information content (AvgIpc) is 3.38. The molecule has 1 aliphatic rings. The van der Waals surface area contributed by atoms with Crippen LogP contribution in [0.5, 0.6) is 0 Å². The number of carbonyl (C=O) groups excluding carboxylic acids is 1. The smallest absolute Gasteiger partial charge is 0.335 e. The number of aromatic nitrogens is 4. The second-order valence-electron chi connectivity index (χ2n) is 8.05. The van der Waals surface area contributed by atoms with E-state index in [1.165, 1.54) is 23.1 Å². The van der Waals surface area contributed by atoms with Crippen LogP contribution in [0, 0.1) is 11.6 Å². The third-order valence-electron chi connectivity index (χ3n) is 5.55. The minimum absolute atomic E-state index is 0.00180. The number of rotatable bonds is 9. The van der Waals surface area contributed by atoms with E-state index < -0.39 is 52.1 Å². The Labute approximate surface area is 204 Å². The molecular formula is C21H22F2N6O6S. The van der Waals surface area contributed by atoms with Crippen molar-refractivity contribution in [2.24, 2.45) is 0 Å². The van der Waals surface area contributed by atoms with E-state index in [0.29, 0.717) is 5.56 Å². The number of aliphatic hydroxyl groups is 2. The van der Waals surface area contributed by atoms with E-state index in [-0.39, 0.29) is 30.0 Å². The highest BCUT2D eigenvalue weighted by atomic mass is 32.2. The van der Waals surface area contributed by atoms with Crippen LogP contribution >= 0.6 is 0 Å². The van der Waals surface area contributed by atoms with Gasteiger partial charge in [0.15, 0.2) is 0 Å². The Bertz CT molecular complexity index is 1350. The monoisotopic (exact) mass is 524 g/mol. The molecule has 192 valence electrons. The fourth-order valence-corrected chi connectivity index (χ4v) is 4.44. The lowest BCUT2D eigenvalue weighted by Gasteiger charge is -2.19. The molecule has 0 unspecified atom stereocenters. The number of aliphatic hydroxyl groups excluding tert-OH is 2. The van der Waals surface area contributed by atoms with Crippen molar-refractivity contribution in [1.29, 1.82) is 0 Å². The summed E-state index contributed by atoms with van der Waals surface area (Å²) in [6.45, 7) is 0.0153. The molecule has 1 aliphatic carbocycles. The molecule has 0 saturated heterocycles. The van der Waals surface area contributed by atoms with Crippen LogP contribution in [0.15, 0.2) is 43.0 Å². The third-order valence-corrected chi connectivity index (χ3v) is 6.55. The van der Waals surface area contributed by atoms with Gasteiger partial charge < -0.3 is 15.5 Å². The molecule has 2 heterocycles. The van der Waals surface area contributed by atoms with Crippen LogP contribution in [0.2, 0.25) is 0 Å². The molecule has 0 spiro atoms. The maximum atomic E-state index is 13.5. The maximum absolute atomic E-state index is 13.5. The summed E-state index contributed by atoms with van der Waals surface area (Å²) in [6.07, 6.45) is -0.433. The van der Waals surface area contributed by atoms with Gasteiger partial charge in [-0.25, -0.2) is 18.7 Å². The molecule has 0 aliphatic heterocycles. The van der Waals surface area contributed by atoms with E-state index >= 15 is 0 Å². The Hall–Kier alpha value is -3.37. The largest absolute Gasteiger partial charge is 0.388 e. The van der Waals surface area contributed by atoms with Crippen LogP contribution < -0.4 is 10.0 Å². The predicted molar refractivity (Wildman–Crippen MR) is 120 cm³/mol. The Morgan fingerprint density at radius 1 is 1.22 bits per heavy atom. The van der Waals surface area contributed by atoms with Crippen LogP contribution in [-0.4, -0.2) is 75.6 Å². The van der Waals surface area contributed by atoms with Crippen molar-refractivity contribution in [2.45, 2.75) is 37.3 Å². The van der Waals surface area contributed by atoms with E-state index in [2.05, 4.69) is 20.4 Å². The number of nitrogens with one attached hydrogen (secondary N) is 2. The summed E-state index contributed by atoms with van der Waals surface area (Å²) in [6, 6.07) is 3.56. The highest BCUT2D eigenvalue weighted by Gasteiger charge is 2.44. The maximum Gasteiger partial charge on any atom is 0.335 e. The topological polar surface area (TPSA) is 169 Å². The Morgan fingerprint density at radius 2 is 1.94 bits per heavy atom. The van der Waals surface area contributed by atoms with Crippen LogP contribution in [0.25, 0.3) is 0 Å². The van der Waals surface area contributed by atoms with Gasteiger partial charge in [0.2, 0.25) is 5.78 Å². The standard InChI is InChI=1S/C21H22F2N6O6S/c1-24-36(33,34)35-17-7-16(19(31)20(17)32)27-21-14(8-25-10-26-21)18(30)15-2-3-29(28-15)9-11-4-12(22)6-13(23)5-11/h2-6,8,10,16-17,19-20,24,31-32H,7,9H2,1H3,(H,25,26,27)/t16-,17-,19+,20+/m1/s1. The van der Waals surface area contributed by atoms with E-state index in [1.807, 2.05) is 4.72 Å². The second-order valence-corrected chi connectivity index (χ2v) is 9.56. The molecule has 12 nitrogen and oxygen atoms in total. The summed E-state index contributed by atoms with van der Waals surface area (Å²) < 4.78 is 58.4. The summed E-state index contributed by atoms with van der Waals surface area (Å²) in [4.78, 5) is 21.0. The van der Waals surface area contributed by atoms with Crippen molar-refractivity contribution in [2.75, 3.05) is 12.4 Å². The summed E-state index contributed by atoms with van der Waals surface area (Å²) >= 11 is 0. The lowest BCUT2D eigenvalue weighted by atomic mass is 10.1. The zero-order chi connectivity index (χ0) is 26.0. The molecule has 36 heavy (non-hydrogen) atoms. The van der Waals surface area contributed by atoms with Crippen molar-refractivity contribution in [3.63, 3.8) is 0 Å². The molecule has 4 atom stereocenters. The first-order valence-electron chi connectivity index (χ1n) is 10.6. The second kappa shape index (κ2) is 10.3. The molecule has 0 radical (unpaired) electrons. The van der Waals surface area contributed by atoms with E-state index in [0.717, 1.165) is 31.6 Å². The van der Waals surface area contributed by atoms with E-state index in [4.69, 9.17) is 4.18 Å². The molecule has 4 N–H and O–H groups in total. The van der Waals surface area contributed by atoms with Crippen molar-refractivity contribution in [3.8, 4) is 0 Å². The first kappa shape index (κ1) is 25.7. The summed E-state index contributed by atoms with van der Waals surface area (Å²) in [5.74, 6) is -2.03. The molecule has 15 heteroatoms. The Balaban J connectivity index is 1.50. The third kappa shape index (κ3) is 5.71. The molecule has 1 aromatic carbocycles. The molecule has 3 aromatic rings. The van der Waals surface area contributed by atoms with Gasteiger partial charge in [0.1, 0.15) is 47.8 Å². The summed E-state index contributed by atoms with van der Waals surface area (Å²) in [5.41, 5.74) is 0.303. The first-order valence-corrected chi connectivity index (χ1v) is 12.0. The normalized spacial score (nSPS) is 22.0. The zero-order valence-corrected chi connectivity index (χ0v) is 19.6. The van der Waals surface area contributed by atoms with Crippen LogP contribution in [-0.2, 0) is 21.0 Å². The van der Waals surface area contributed by atoms with E-state index in [1.54, 1.807) is 0 Å². The van der Waals surface area contributed by atoms with Crippen molar-refractivity contribution < 1.29 is 36.4 Å². The number of carbonyl (C=O) groups is 1. The highest BCUT2D eigenvalue weighted by molar-refractivity contribution is 7.84. The average molecular weight is 525 g/mol. The number of anilines is 1. The highest BCUT2D eigenvalue weighted by Crippen LogP contribution is 2.28. The fourth-order valence-electron chi connectivity index (χ4n) is 3.82. The summed E-state index contributed by atoms with van der Waals surface area (Å²) in [5, 5.41) is 27.6. The minimum atomic E-state index is -4.12. The number of hydrogen-bond donors (Lipinski definition) is 4. The van der Waals surface area contributed by atoms with Gasteiger partial charge in [-0.05, 0) is 23.8 Å². The van der Waals surface area contributed by atoms with Gasteiger partial charge in [0, 0.05) is 31.9 Å². The molecule has 0 bridgehead atoms. The molecule has 1 saturated carbocycles. The van der Waals surface area contributed by atoms with Crippen LogP contribution in [0.1, 0.15) is 28.0 Å². The quantitative estimate of drug-likeness (QED) is 0.279. The van der Waals surface area contributed by atoms with Crippen molar-refractivity contribution in [3.05, 3.63) is 71.4 Å². The van der Waals surface area contributed by atoms with Gasteiger partial charge in [-0.1, -0.05) is 0 Å². The SMILES string of the molecule is CNS(=O)(=O)O[C@@H]1C[C@@H](Nc2ncncc2C(=O)c2ccn(Cc3cc(F)cc(F)c3)n2)[C@H](O)[C@H]1O. The number of ketones is 1.